The zero-order valence-corrected chi connectivity index (χ0v) is 17.1. The summed E-state index contributed by atoms with van der Waals surface area (Å²) >= 11 is 0. The molecule has 0 spiro atoms. The molecular weight excluding hydrogens is 368 g/mol. The van der Waals surface area contributed by atoms with E-state index in [0.717, 1.165) is 36.4 Å². The van der Waals surface area contributed by atoms with Gasteiger partial charge in [0.05, 0.1) is 19.3 Å². The van der Waals surface area contributed by atoms with Gasteiger partial charge in [0.2, 0.25) is 0 Å². The molecule has 152 valence electrons. The highest BCUT2D eigenvalue weighted by molar-refractivity contribution is 5.95. The van der Waals surface area contributed by atoms with Gasteiger partial charge >= 0.3 is 0 Å². The molecule has 8 nitrogen and oxygen atoms in total. The van der Waals surface area contributed by atoms with Crippen LogP contribution in [0.2, 0.25) is 0 Å². The summed E-state index contributed by atoms with van der Waals surface area (Å²) in [4.78, 5) is 26.0. The fourth-order valence-electron chi connectivity index (χ4n) is 3.76. The third-order valence-electron chi connectivity index (χ3n) is 5.33. The Morgan fingerprint density at radius 2 is 2.10 bits per heavy atom. The molecule has 1 atom stereocenters. The summed E-state index contributed by atoms with van der Waals surface area (Å²) in [5.74, 6) is 0.866. The largest absolute Gasteiger partial charge is 0.497 e. The maximum atomic E-state index is 12.9. The van der Waals surface area contributed by atoms with Gasteiger partial charge in [-0.05, 0) is 38.7 Å². The van der Waals surface area contributed by atoms with Gasteiger partial charge in [0.1, 0.15) is 11.3 Å². The lowest BCUT2D eigenvalue weighted by molar-refractivity contribution is 0.0790. The number of nitrogens with zero attached hydrogens (tertiary/aromatic N) is 6. The minimum atomic E-state index is 0.0221. The number of fused-ring (bicyclic) bond motifs is 1. The topological polar surface area (TPSA) is 76.4 Å². The average molecular weight is 394 g/mol. The minimum Gasteiger partial charge on any atom is -0.497 e. The number of carbonyl (C=O) groups excluding carboxylic acids is 1. The fraction of sp³-hybridized carbons (Fsp3) is 0.429. The lowest BCUT2D eigenvalue weighted by Gasteiger charge is -2.16. The Kier molecular flexibility index (Phi) is 5.44. The first kappa shape index (κ1) is 19.3. The molecule has 1 amide bonds. The summed E-state index contributed by atoms with van der Waals surface area (Å²) in [6, 6.07) is 7.30. The van der Waals surface area contributed by atoms with Crippen LogP contribution in [0.25, 0.3) is 11.2 Å². The van der Waals surface area contributed by atoms with Crippen molar-refractivity contribution in [1.29, 1.82) is 0 Å². The van der Waals surface area contributed by atoms with Gasteiger partial charge in [-0.3, -0.25) is 4.79 Å². The van der Waals surface area contributed by atoms with E-state index in [4.69, 9.17) is 9.84 Å². The lowest BCUT2D eigenvalue weighted by atomic mass is 10.0. The quantitative estimate of drug-likeness (QED) is 0.637. The number of amides is 1. The van der Waals surface area contributed by atoms with Crippen molar-refractivity contribution in [3.8, 4) is 5.75 Å². The molecule has 0 aliphatic carbocycles. The van der Waals surface area contributed by atoms with Gasteiger partial charge in [0.15, 0.2) is 5.65 Å². The van der Waals surface area contributed by atoms with Gasteiger partial charge in [-0.1, -0.05) is 6.07 Å². The van der Waals surface area contributed by atoms with Crippen LogP contribution < -0.4 is 4.74 Å². The van der Waals surface area contributed by atoms with Gasteiger partial charge in [-0.15, -0.1) is 0 Å². The third-order valence-corrected chi connectivity index (χ3v) is 5.33. The second-order valence-corrected chi connectivity index (χ2v) is 7.61. The second kappa shape index (κ2) is 8.16. The third kappa shape index (κ3) is 3.93. The number of methoxy groups -OCH3 is 1. The zero-order valence-electron chi connectivity index (χ0n) is 17.1. The normalized spacial score (nSPS) is 16.7. The summed E-state index contributed by atoms with van der Waals surface area (Å²) in [5, 5.41) is 4.84. The van der Waals surface area contributed by atoms with Crippen LogP contribution in [-0.2, 0) is 6.54 Å². The fourth-order valence-corrected chi connectivity index (χ4v) is 3.76. The number of ether oxygens (including phenoxy) is 1. The number of likely N-dealkylation sites (N-methyl/N-ethyl adjacent to an activating group) is 1. The van der Waals surface area contributed by atoms with E-state index in [1.165, 1.54) is 0 Å². The molecule has 1 aliphatic rings. The molecule has 0 radical (unpaired) electrons. The van der Waals surface area contributed by atoms with Crippen molar-refractivity contribution in [3.05, 3.63) is 47.9 Å². The Morgan fingerprint density at radius 1 is 1.28 bits per heavy atom. The first-order valence-corrected chi connectivity index (χ1v) is 9.82. The monoisotopic (exact) mass is 394 g/mol. The molecule has 0 unspecified atom stereocenters. The predicted octanol–water partition coefficient (Wildman–Crippen LogP) is 2.03. The van der Waals surface area contributed by atoms with E-state index in [0.29, 0.717) is 24.4 Å². The molecule has 0 bridgehead atoms. The maximum Gasteiger partial charge on any atom is 0.254 e. The number of carbonyl (C=O) groups is 1. The Balaban J connectivity index is 1.56. The molecule has 3 heterocycles. The molecule has 1 aromatic carbocycles. The molecule has 3 aromatic rings. The molecule has 1 fully saturated rings. The van der Waals surface area contributed by atoms with Crippen LogP contribution >= 0.6 is 0 Å². The van der Waals surface area contributed by atoms with Gasteiger partial charge in [-0.25, -0.2) is 14.6 Å². The van der Waals surface area contributed by atoms with Crippen LogP contribution in [0.5, 0.6) is 5.75 Å². The smallest absolute Gasteiger partial charge is 0.254 e. The minimum absolute atomic E-state index is 0.0221. The molecule has 2 aromatic heterocycles. The van der Waals surface area contributed by atoms with E-state index in [2.05, 4.69) is 14.9 Å². The molecule has 0 N–H and O–H groups in total. The zero-order chi connectivity index (χ0) is 20.4. The maximum absolute atomic E-state index is 12.9. The number of benzene rings is 1. The molecule has 29 heavy (non-hydrogen) atoms. The van der Waals surface area contributed by atoms with Crippen molar-refractivity contribution in [1.82, 2.24) is 29.5 Å². The number of hydrogen-bond donors (Lipinski definition) is 0. The van der Waals surface area contributed by atoms with Crippen molar-refractivity contribution < 1.29 is 9.53 Å². The van der Waals surface area contributed by atoms with Crippen molar-refractivity contribution in [2.75, 3.05) is 40.8 Å². The number of hydrogen-bond acceptors (Lipinski definition) is 6. The van der Waals surface area contributed by atoms with Crippen LogP contribution in [0, 0.1) is 0 Å². The van der Waals surface area contributed by atoms with Gasteiger partial charge in [-0.2, -0.15) is 5.10 Å². The SMILES string of the molecule is COc1cccc(C(=O)N2CC[C@@H](c3nn(CCN(C)C)c4nccnc34)C2)c1. The number of aromatic nitrogens is 4. The second-order valence-electron chi connectivity index (χ2n) is 7.61. The van der Waals surface area contributed by atoms with Crippen LogP contribution in [0.1, 0.15) is 28.4 Å². The first-order chi connectivity index (χ1) is 14.1. The number of rotatable bonds is 6. The summed E-state index contributed by atoms with van der Waals surface area (Å²) < 4.78 is 7.18. The van der Waals surface area contributed by atoms with Crippen molar-refractivity contribution in [2.45, 2.75) is 18.9 Å². The number of likely N-dealkylation sites (tertiary alicyclic amines) is 1. The highest BCUT2D eigenvalue weighted by Crippen LogP contribution is 2.31. The van der Waals surface area contributed by atoms with E-state index < -0.39 is 0 Å². The summed E-state index contributed by atoms with van der Waals surface area (Å²) in [7, 11) is 5.68. The summed E-state index contributed by atoms with van der Waals surface area (Å²) in [5.41, 5.74) is 3.23. The summed E-state index contributed by atoms with van der Waals surface area (Å²) in [6.45, 7) is 2.96. The lowest BCUT2D eigenvalue weighted by Crippen LogP contribution is -2.28. The van der Waals surface area contributed by atoms with Crippen molar-refractivity contribution in [2.24, 2.45) is 0 Å². The Bertz CT molecular complexity index is 1020. The van der Waals surface area contributed by atoms with Crippen LogP contribution in [0.4, 0.5) is 0 Å². The Labute approximate surface area is 170 Å². The van der Waals surface area contributed by atoms with Crippen LogP contribution in [-0.4, -0.2) is 76.3 Å². The standard InChI is InChI=1S/C21H26N6O2/c1-25(2)11-12-27-20-19(22-8-9-23-20)18(24-27)16-7-10-26(14-16)21(28)15-5-4-6-17(13-15)29-3/h4-6,8-9,13,16H,7,10-12,14H2,1-3H3/t16-/m1/s1. The van der Waals surface area contributed by atoms with Crippen LogP contribution in [0.3, 0.4) is 0 Å². The van der Waals surface area contributed by atoms with Gasteiger partial charge < -0.3 is 14.5 Å². The van der Waals surface area contributed by atoms with Crippen molar-refractivity contribution in [3.63, 3.8) is 0 Å². The Hall–Kier alpha value is -3.00. The van der Waals surface area contributed by atoms with Gasteiger partial charge in [0.25, 0.3) is 5.91 Å². The van der Waals surface area contributed by atoms with Crippen LogP contribution in [0.15, 0.2) is 36.7 Å². The van der Waals surface area contributed by atoms with E-state index in [9.17, 15) is 4.79 Å². The van der Waals surface area contributed by atoms with Gasteiger partial charge in [0, 0.05) is 43.5 Å². The molecule has 4 rings (SSSR count). The van der Waals surface area contributed by atoms with Crippen molar-refractivity contribution >= 4 is 17.1 Å². The van der Waals surface area contributed by atoms with E-state index >= 15 is 0 Å². The molecule has 0 saturated carbocycles. The highest BCUT2D eigenvalue weighted by atomic mass is 16.5. The molecular formula is C21H26N6O2. The molecule has 1 aliphatic heterocycles. The summed E-state index contributed by atoms with van der Waals surface area (Å²) in [6.07, 6.45) is 4.28. The Morgan fingerprint density at radius 3 is 2.90 bits per heavy atom. The molecule has 1 saturated heterocycles. The van der Waals surface area contributed by atoms with E-state index in [1.54, 1.807) is 25.6 Å². The average Bonchev–Trinajstić information content (AvgIpc) is 3.37. The van der Waals surface area contributed by atoms with E-state index in [-0.39, 0.29) is 11.8 Å². The van der Waals surface area contributed by atoms with E-state index in [1.807, 2.05) is 41.9 Å². The highest BCUT2D eigenvalue weighted by Gasteiger charge is 2.32. The first-order valence-electron chi connectivity index (χ1n) is 9.82. The molecule has 8 heteroatoms. The predicted molar refractivity (Wildman–Crippen MR) is 110 cm³/mol.